The summed E-state index contributed by atoms with van der Waals surface area (Å²) in [5.74, 6) is -5.31. The maximum atomic E-state index is 13.4. The van der Waals surface area contributed by atoms with Crippen LogP contribution in [0.4, 0.5) is 18.9 Å². The van der Waals surface area contributed by atoms with Crippen LogP contribution in [0.5, 0.6) is 0 Å². The molecule has 0 aliphatic heterocycles. The number of aromatic nitrogens is 1. The zero-order valence-corrected chi connectivity index (χ0v) is 12.9. The molecule has 2 N–H and O–H groups in total. The van der Waals surface area contributed by atoms with Crippen molar-refractivity contribution in [3.8, 4) is 0 Å². The van der Waals surface area contributed by atoms with Crippen LogP contribution in [0.3, 0.4) is 0 Å². The van der Waals surface area contributed by atoms with Gasteiger partial charge in [-0.05, 0) is 26.0 Å². The maximum Gasteiger partial charge on any atom is 0.243 e. The second kappa shape index (κ2) is 7.16. The van der Waals surface area contributed by atoms with Gasteiger partial charge in [0.25, 0.3) is 0 Å². The normalized spacial score (nSPS) is 10.5. The van der Waals surface area contributed by atoms with Gasteiger partial charge in [0, 0.05) is 5.56 Å². The Bertz CT molecular complexity index is 770. The molecule has 1 heterocycles. The van der Waals surface area contributed by atoms with E-state index in [1.165, 1.54) is 0 Å². The molecule has 128 valence electrons. The summed E-state index contributed by atoms with van der Waals surface area (Å²) in [6.45, 7) is 2.87. The molecular weight excluding hydrogens is 327 g/mol. The molecule has 6 nitrogen and oxygen atoms in total. The van der Waals surface area contributed by atoms with Gasteiger partial charge < -0.3 is 15.2 Å². The number of nitrogens with one attached hydrogen (secondary N) is 2. The highest BCUT2D eigenvalue weighted by Gasteiger charge is 2.17. The van der Waals surface area contributed by atoms with Crippen molar-refractivity contribution in [1.29, 1.82) is 0 Å². The van der Waals surface area contributed by atoms with Gasteiger partial charge in [-0.25, -0.2) is 13.2 Å². The van der Waals surface area contributed by atoms with Crippen molar-refractivity contribution in [3.05, 3.63) is 46.6 Å². The largest absolute Gasteiger partial charge is 0.361 e. The number of hydrogen-bond donors (Lipinski definition) is 2. The standard InChI is InChI=1S/C15H14F3N3O3/c1-7-9(8(2)24-21-7)5-12(22)19-6-13(23)20-11-4-3-10(16)14(17)15(11)18/h3-4H,5-6H2,1-2H3,(H,19,22)(H,20,23). The Labute approximate surface area is 135 Å². The number of aryl methyl sites for hydroxylation is 2. The summed E-state index contributed by atoms with van der Waals surface area (Å²) in [4.78, 5) is 23.5. The molecule has 0 spiro atoms. The Morgan fingerprint density at radius 3 is 2.46 bits per heavy atom. The predicted molar refractivity (Wildman–Crippen MR) is 77.6 cm³/mol. The van der Waals surface area contributed by atoms with Crippen LogP contribution < -0.4 is 10.6 Å². The molecule has 1 aromatic carbocycles. The van der Waals surface area contributed by atoms with Gasteiger partial charge >= 0.3 is 0 Å². The van der Waals surface area contributed by atoms with Crippen molar-refractivity contribution < 1.29 is 27.3 Å². The first-order valence-electron chi connectivity index (χ1n) is 6.91. The molecule has 0 aliphatic rings. The number of anilines is 1. The fraction of sp³-hybridized carbons (Fsp3) is 0.267. The number of hydrogen-bond acceptors (Lipinski definition) is 4. The van der Waals surface area contributed by atoms with Gasteiger partial charge in [-0.3, -0.25) is 9.59 Å². The average molecular weight is 341 g/mol. The molecule has 0 radical (unpaired) electrons. The van der Waals surface area contributed by atoms with Crippen molar-refractivity contribution in [1.82, 2.24) is 10.5 Å². The molecule has 0 aliphatic carbocycles. The topological polar surface area (TPSA) is 84.2 Å². The van der Waals surface area contributed by atoms with Crippen LogP contribution in [0, 0.1) is 31.3 Å². The lowest BCUT2D eigenvalue weighted by molar-refractivity contribution is -0.123. The monoisotopic (exact) mass is 341 g/mol. The first-order valence-corrected chi connectivity index (χ1v) is 6.91. The van der Waals surface area contributed by atoms with Crippen LogP contribution >= 0.6 is 0 Å². The summed E-state index contributed by atoms with van der Waals surface area (Å²) in [5, 5.41) is 8.08. The number of halogens is 3. The van der Waals surface area contributed by atoms with E-state index in [4.69, 9.17) is 4.52 Å². The quantitative estimate of drug-likeness (QED) is 0.815. The highest BCUT2D eigenvalue weighted by Crippen LogP contribution is 2.19. The number of amides is 2. The van der Waals surface area contributed by atoms with Crippen molar-refractivity contribution in [2.45, 2.75) is 20.3 Å². The third-order valence-corrected chi connectivity index (χ3v) is 3.27. The average Bonchev–Trinajstić information content (AvgIpc) is 2.85. The highest BCUT2D eigenvalue weighted by atomic mass is 19.2. The lowest BCUT2D eigenvalue weighted by Gasteiger charge is -2.08. The summed E-state index contributed by atoms with van der Waals surface area (Å²) in [6, 6.07) is 1.57. The molecular formula is C15H14F3N3O3. The van der Waals surface area contributed by atoms with E-state index >= 15 is 0 Å². The Kier molecular flexibility index (Phi) is 5.22. The molecule has 0 saturated heterocycles. The minimum absolute atomic E-state index is 0.0337. The van der Waals surface area contributed by atoms with E-state index in [1.54, 1.807) is 13.8 Å². The fourth-order valence-corrected chi connectivity index (χ4v) is 1.97. The Hall–Kier alpha value is -2.84. The Morgan fingerprint density at radius 2 is 1.83 bits per heavy atom. The molecule has 0 saturated carbocycles. The first kappa shape index (κ1) is 17.5. The molecule has 2 aromatic rings. The van der Waals surface area contributed by atoms with E-state index < -0.39 is 41.5 Å². The zero-order valence-electron chi connectivity index (χ0n) is 12.9. The van der Waals surface area contributed by atoms with Gasteiger partial charge in [-0.15, -0.1) is 0 Å². The van der Waals surface area contributed by atoms with E-state index in [1.807, 2.05) is 5.32 Å². The number of nitrogens with zero attached hydrogens (tertiary/aromatic N) is 1. The van der Waals surface area contributed by atoms with Gasteiger partial charge in [-0.2, -0.15) is 0 Å². The van der Waals surface area contributed by atoms with E-state index in [2.05, 4.69) is 10.5 Å². The number of carbonyl (C=O) groups is 2. The van der Waals surface area contributed by atoms with E-state index in [9.17, 15) is 22.8 Å². The minimum Gasteiger partial charge on any atom is -0.361 e. The van der Waals surface area contributed by atoms with Crippen molar-refractivity contribution in [2.24, 2.45) is 0 Å². The maximum absolute atomic E-state index is 13.4. The second-order valence-corrected chi connectivity index (χ2v) is 5.03. The number of benzene rings is 1. The van der Waals surface area contributed by atoms with E-state index in [0.29, 0.717) is 23.1 Å². The Morgan fingerprint density at radius 1 is 1.12 bits per heavy atom. The summed E-state index contributed by atoms with van der Waals surface area (Å²) in [6.07, 6.45) is -0.0337. The third kappa shape index (κ3) is 3.92. The summed E-state index contributed by atoms with van der Waals surface area (Å²) in [7, 11) is 0. The lowest BCUT2D eigenvalue weighted by Crippen LogP contribution is -2.34. The van der Waals surface area contributed by atoms with Crippen LogP contribution in [-0.2, 0) is 16.0 Å². The van der Waals surface area contributed by atoms with Crippen LogP contribution in [0.25, 0.3) is 0 Å². The van der Waals surface area contributed by atoms with Gasteiger partial charge in [0.15, 0.2) is 17.5 Å². The van der Waals surface area contributed by atoms with E-state index in [-0.39, 0.29) is 6.42 Å². The molecule has 1 aromatic heterocycles. The van der Waals surface area contributed by atoms with Gasteiger partial charge in [-0.1, -0.05) is 5.16 Å². The fourth-order valence-electron chi connectivity index (χ4n) is 1.97. The van der Waals surface area contributed by atoms with Crippen molar-refractivity contribution in [3.63, 3.8) is 0 Å². The lowest BCUT2D eigenvalue weighted by atomic mass is 10.1. The van der Waals surface area contributed by atoms with Crippen LogP contribution in [0.1, 0.15) is 17.0 Å². The third-order valence-electron chi connectivity index (χ3n) is 3.27. The molecule has 24 heavy (non-hydrogen) atoms. The SMILES string of the molecule is Cc1noc(C)c1CC(=O)NCC(=O)Nc1ccc(F)c(F)c1F. The van der Waals surface area contributed by atoms with Crippen molar-refractivity contribution >= 4 is 17.5 Å². The number of carbonyl (C=O) groups excluding carboxylic acids is 2. The summed E-state index contributed by atoms with van der Waals surface area (Å²) >= 11 is 0. The van der Waals surface area contributed by atoms with Crippen LogP contribution in [0.2, 0.25) is 0 Å². The minimum atomic E-state index is -1.68. The Balaban J connectivity index is 1.89. The molecule has 2 amide bonds. The van der Waals surface area contributed by atoms with Gasteiger partial charge in [0.1, 0.15) is 5.76 Å². The highest BCUT2D eigenvalue weighted by molar-refractivity contribution is 5.94. The van der Waals surface area contributed by atoms with E-state index in [0.717, 1.165) is 6.07 Å². The summed E-state index contributed by atoms with van der Waals surface area (Å²) < 4.78 is 44.2. The van der Waals surface area contributed by atoms with Gasteiger partial charge in [0.05, 0.1) is 24.3 Å². The molecule has 9 heteroatoms. The number of rotatable bonds is 5. The van der Waals surface area contributed by atoms with Crippen LogP contribution in [-0.4, -0.2) is 23.5 Å². The predicted octanol–water partition coefficient (Wildman–Crippen LogP) is 2.01. The van der Waals surface area contributed by atoms with Crippen LogP contribution in [0.15, 0.2) is 16.7 Å². The molecule has 0 fully saturated rings. The zero-order chi connectivity index (χ0) is 17.9. The smallest absolute Gasteiger partial charge is 0.243 e. The molecule has 0 bridgehead atoms. The molecule has 0 unspecified atom stereocenters. The van der Waals surface area contributed by atoms with Crippen molar-refractivity contribution in [2.75, 3.05) is 11.9 Å². The molecule has 0 atom stereocenters. The first-order chi connectivity index (χ1) is 11.3. The molecule has 2 rings (SSSR count). The van der Waals surface area contributed by atoms with Gasteiger partial charge in [0.2, 0.25) is 11.8 Å². The summed E-state index contributed by atoms with van der Waals surface area (Å²) in [5.41, 5.74) is 0.661. The second-order valence-electron chi connectivity index (χ2n) is 5.03.